The Morgan fingerprint density at radius 2 is 2.18 bits per heavy atom. The minimum atomic E-state index is 0.435. The third-order valence-electron chi connectivity index (χ3n) is 4.06. The number of nitrogens with one attached hydrogen (secondary N) is 1. The van der Waals surface area contributed by atoms with Crippen molar-refractivity contribution in [3.63, 3.8) is 0 Å². The highest BCUT2D eigenvalue weighted by Gasteiger charge is 2.45. The molecular weight excluding hydrogens is 212 g/mol. The molecule has 1 heterocycles. The summed E-state index contributed by atoms with van der Waals surface area (Å²) in [7, 11) is 1.88. The van der Waals surface area contributed by atoms with E-state index in [0.717, 1.165) is 18.1 Å². The van der Waals surface area contributed by atoms with E-state index in [4.69, 9.17) is 5.26 Å². The molecule has 0 bridgehead atoms. The fraction of sp³-hybridized carbons (Fsp3) is 0.692. The Balaban J connectivity index is 2.13. The van der Waals surface area contributed by atoms with E-state index in [1.54, 1.807) is 4.68 Å². The van der Waals surface area contributed by atoms with Gasteiger partial charge in [-0.2, -0.15) is 10.4 Å². The van der Waals surface area contributed by atoms with E-state index < -0.39 is 0 Å². The Kier molecular flexibility index (Phi) is 2.86. The van der Waals surface area contributed by atoms with Crippen LogP contribution in [0.4, 0.5) is 5.82 Å². The first-order chi connectivity index (χ1) is 8.00. The van der Waals surface area contributed by atoms with E-state index in [-0.39, 0.29) is 0 Å². The standard InChI is InChI=1S/C13H20N4/c1-9(2)13(5-6-13)8-15-12-11(7-14)10(3)16-17(12)4/h9,15H,5-6,8H2,1-4H3. The van der Waals surface area contributed by atoms with Gasteiger partial charge in [0.25, 0.3) is 0 Å². The van der Waals surface area contributed by atoms with Crippen molar-refractivity contribution < 1.29 is 0 Å². The van der Waals surface area contributed by atoms with Crippen molar-refractivity contribution in [2.75, 3.05) is 11.9 Å². The van der Waals surface area contributed by atoms with Gasteiger partial charge in [0.1, 0.15) is 17.5 Å². The monoisotopic (exact) mass is 232 g/mol. The zero-order valence-corrected chi connectivity index (χ0v) is 11.0. The lowest BCUT2D eigenvalue weighted by Gasteiger charge is -2.20. The number of hydrogen-bond donors (Lipinski definition) is 1. The highest BCUT2D eigenvalue weighted by molar-refractivity contribution is 5.55. The lowest BCUT2D eigenvalue weighted by molar-refractivity contribution is 0.379. The molecule has 1 aliphatic carbocycles. The van der Waals surface area contributed by atoms with Crippen LogP contribution in [0.5, 0.6) is 0 Å². The minimum absolute atomic E-state index is 0.435. The summed E-state index contributed by atoms with van der Waals surface area (Å²) < 4.78 is 1.77. The molecule has 92 valence electrons. The molecule has 0 radical (unpaired) electrons. The number of rotatable bonds is 4. The molecule has 0 aromatic carbocycles. The van der Waals surface area contributed by atoms with Crippen molar-refractivity contribution in [2.24, 2.45) is 18.4 Å². The van der Waals surface area contributed by atoms with Gasteiger partial charge in [0.2, 0.25) is 0 Å². The van der Waals surface area contributed by atoms with Crippen LogP contribution in [0.15, 0.2) is 0 Å². The highest BCUT2D eigenvalue weighted by atomic mass is 15.3. The van der Waals surface area contributed by atoms with Gasteiger partial charge in [-0.25, -0.2) is 0 Å². The maximum Gasteiger partial charge on any atom is 0.142 e. The second-order valence-electron chi connectivity index (χ2n) is 5.42. The quantitative estimate of drug-likeness (QED) is 0.867. The summed E-state index contributed by atoms with van der Waals surface area (Å²) in [5.74, 6) is 1.55. The van der Waals surface area contributed by atoms with E-state index in [2.05, 4.69) is 30.3 Å². The third-order valence-corrected chi connectivity index (χ3v) is 4.06. The van der Waals surface area contributed by atoms with Crippen LogP contribution in [0.2, 0.25) is 0 Å². The van der Waals surface area contributed by atoms with Crippen LogP contribution < -0.4 is 5.32 Å². The smallest absolute Gasteiger partial charge is 0.142 e. The Morgan fingerprint density at radius 1 is 1.53 bits per heavy atom. The van der Waals surface area contributed by atoms with Crippen molar-refractivity contribution in [3.05, 3.63) is 11.3 Å². The molecule has 2 rings (SSSR count). The summed E-state index contributed by atoms with van der Waals surface area (Å²) in [6.07, 6.45) is 2.58. The van der Waals surface area contributed by atoms with Crippen molar-refractivity contribution in [3.8, 4) is 6.07 Å². The first kappa shape index (κ1) is 12.0. The molecule has 1 aliphatic rings. The molecule has 4 nitrogen and oxygen atoms in total. The molecule has 0 atom stereocenters. The van der Waals surface area contributed by atoms with Gasteiger partial charge >= 0.3 is 0 Å². The van der Waals surface area contributed by atoms with Crippen molar-refractivity contribution >= 4 is 5.82 Å². The third kappa shape index (κ3) is 2.02. The molecule has 1 fully saturated rings. The van der Waals surface area contributed by atoms with E-state index in [1.165, 1.54) is 12.8 Å². The minimum Gasteiger partial charge on any atom is -0.369 e. The summed E-state index contributed by atoms with van der Waals surface area (Å²) in [6, 6.07) is 2.22. The number of nitriles is 1. The molecular formula is C13H20N4. The zero-order valence-electron chi connectivity index (χ0n) is 11.0. The lowest BCUT2D eigenvalue weighted by atomic mass is 9.92. The van der Waals surface area contributed by atoms with Gasteiger partial charge in [0.15, 0.2) is 0 Å². The van der Waals surface area contributed by atoms with E-state index in [9.17, 15) is 0 Å². The van der Waals surface area contributed by atoms with Crippen molar-refractivity contribution in [1.82, 2.24) is 9.78 Å². The van der Waals surface area contributed by atoms with Gasteiger partial charge in [-0.1, -0.05) is 13.8 Å². The second kappa shape index (κ2) is 4.06. The molecule has 1 saturated carbocycles. The van der Waals surface area contributed by atoms with Gasteiger partial charge < -0.3 is 5.32 Å². The predicted molar refractivity (Wildman–Crippen MR) is 67.7 cm³/mol. The molecule has 1 aromatic heterocycles. The van der Waals surface area contributed by atoms with E-state index >= 15 is 0 Å². The van der Waals surface area contributed by atoms with Crippen LogP contribution in [0, 0.1) is 29.6 Å². The van der Waals surface area contributed by atoms with Gasteiger partial charge in [0, 0.05) is 13.6 Å². The van der Waals surface area contributed by atoms with Gasteiger partial charge in [-0.3, -0.25) is 4.68 Å². The maximum atomic E-state index is 9.12. The van der Waals surface area contributed by atoms with Crippen molar-refractivity contribution in [1.29, 1.82) is 5.26 Å². The van der Waals surface area contributed by atoms with Crippen LogP contribution in [-0.4, -0.2) is 16.3 Å². The van der Waals surface area contributed by atoms with Crippen LogP contribution >= 0.6 is 0 Å². The summed E-state index contributed by atoms with van der Waals surface area (Å²) in [4.78, 5) is 0. The van der Waals surface area contributed by atoms with Crippen LogP contribution in [0.1, 0.15) is 37.9 Å². The fourth-order valence-electron chi connectivity index (χ4n) is 2.37. The summed E-state index contributed by atoms with van der Waals surface area (Å²) in [5, 5.41) is 16.8. The Bertz CT molecular complexity index is 460. The molecule has 4 heteroatoms. The number of hydrogen-bond acceptors (Lipinski definition) is 3. The molecule has 17 heavy (non-hydrogen) atoms. The number of aromatic nitrogens is 2. The van der Waals surface area contributed by atoms with E-state index in [1.807, 2.05) is 14.0 Å². The average Bonchev–Trinajstić information content (AvgIpc) is 2.99. The Hall–Kier alpha value is -1.50. The normalized spacial score (nSPS) is 16.9. The largest absolute Gasteiger partial charge is 0.369 e. The number of aryl methyl sites for hydroxylation is 2. The van der Waals surface area contributed by atoms with Crippen LogP contribution in [0.25, 0.3) is 0 Å². The van der Waals surface area contributed by atoms with Gasteiger partial charge in [-0.15, -0.1) is 0 Å². The number of nitrogens with zero attached hydrogens (tertiary/aromatic N) is 3. The Labute approximate surface area is 103 Å². The lowest BCUT2D eigenvalue weighted by Crippen LogP contribution is -2.22. The highest BCUT2D eigenvalue weighted by Crippen LogP contribution is 2.51. The first-order valence-electron chi connectivity index (χ1n) is 6.18. The van der Waals surface area contributed by atoms with Crippen LogP contribution in [0.3, 0.4) is 0 Å². The second-order valence-corrected chi connectivity index (χ2v) is 5.42. The van der Waals surface area contributed by atoms with E-state index in [0.29, 0.717) is 16.9 Å². The zero-order chi connectivity index (χ0) is 12.6. The maximum absolute atomic E-state index is 9.12. The molecule has 0 amide bonds. The SMILES string of the molecule is Cc1nn(C)c(NCC2(C(C)C)CC2)c1C#N. The van der Waals surface area contributed by atoms with Crippen molar-refractivity contribution in [2.45, 2.75) is 33.6 Å². The number of anilines is 1. The average molecular weight is 232 g/mol. The topological polar surface area (TPSA) is 53.6 Å². The molecule has 0 spiro atoms. The first-order valence-corrected chi connectivity index (χ1v) is 6.18. The summed E-state index contributed by atoms with van der Waals surface area (Å²) in [6.45, 7) is 7.36. The Morgan fingerprint density at radius 3 is 2.65 bits per heavy atom. The van der Waals surface area contributed by atoms with Crippen LogP contribution in [-0.2, 0) is 7.05 Å². The molecule has 1 aromatic rings. The predicted octanol–water partition coefficient (Wildman–Crippen LogP) is 2.45. The summed E-state index contributed by atoms with van der Waals surface area (Å²) in [5.41, 5.74) is 1.91. The van der Waals surface area contributed by atoms with Gasteiger partial charge in [-0.05, 0) is 31.1 Å². The van der Waals surface area contributed by atoms with Gasteiger partial charge in [0.05, 0.1) is 5.69 Å². The molecule has 0 aliphatic heterocycles. The molecule has 0 unspecified atom stereocenters. The molecule has 0 saturated heterocycles. The molecule has 1 N–H and O–H groups in total. The summed E-state index contributed by atoms with van der Waals surface area (Å²) >= 11 is 0. The fourth-order valence-corrected chi connectivity index (χ4v) is 2.37.